The summed E-state index contributed by atoms with van der Waals surface area (Å²) in [6.07, 6.45) is 6.94. The van der Waals surface area contributed by atoms with Crippen LogP contribution in [-0.4, -0.2) is 54.1 Å². The second-order valence-corrected chi connectivity index (χ2v) is 4.61. The molecule has 1 aromatic rings. The fourth-order valence-electron chi connectivity index (χ4n) is 2.18. The van der Waals surface area contributed by atoms with Crippen molar-refractivity contribution >= 4 is 11.8 Å². The molecular formula is C13H20N4O2. The number of rotatable bonds is 5. The van der Waals surface area contributed by atoms with Crippen LogP contribution in [0, 0.1) is 0 Å². The van der Waals surface area contributed by atoms with Crippen LogP contribution in [0.2, 0.25) is 0 Å². The van der Waals surface area contributed by atoms with Gasteiger partial charge in [0.15, 0.2) is 5.69 Å². The van der Waals surface area contributed by atoms with Crippen LogP contribution in [-0.2, 0) is 4.74 Å². The van der Waals surface area contributed by atoms with Crippen molar-refractivity contribution in [2.75, 3.05) is 38.6 Å². The van der Waals surface area contributed by atoms with E-state index >= 15 is 0 Å². The first-order chi connectivity index (χ1) is 9.29. The second-order valence-electron chi connectivity index (χ2n) is 4.61. The largest absolute Gasteiger partial charge is 0.464 e. The molecule has 1 N–H and O–H groups in total. The van der Waals surface area contributed by atoms with Crippen molar-refractivity contribution < 1.29 is 9.53 Å². The van der Waals surface area contributed by atoms with Crippen LogP contribution < -0.4 is 5.32 Å². The van der Waals surface area contributed by atoms with E-state index in [0.717, 1.165) is 13.1 Å². The third-order valence-corrected chi connectivity index (χ3v) is 3.21. The van der Waals surface area contributed by atoms with Crippen molar-refractivity contribution in [3.8, 4) is 0 Å². The number of anilines is 1. The number of piperidine rings is 1. The Hall–Kier alpha value is -1.69. The highest BCUT2D eigenvalue weighted by atomic mass is 16.5. The third kappa shape index (κ3) is 4.17. The molecule has 6 nitrogen and oxygen atoms in total. The highest BCUT2D eigenvalue weighted by molar-refractivity contribution is 5.87. The molecule has 0 spiro atoms. The molecular weight excluding hydrogens is 244 g/mol. The van der Waals surface area contributed by atoms with Crippen LogP contribution >= 0.6 is 0 Å². The number of ether oxygens (including phenoxy) is 1. The minimum atomic E-state index is -0.466. The van der Waals surface area contributed by atoms with Crippen LogP contribution in [0.25, 0.3) is 0 Å². The topological polar surface area (TPSA) is 67.3 Å². The maximum atomic E-state index is 11.3. The number of hydrogen-bond donors (Lipinski definition) is 1. The number of aromatic nitrogens is 2. The minimum Gasteiger partial charge on any atom is -0.464 e. The summed E-state index contributed by atoms with van der Waals surface area (Å²) in [5, 5.41) is 3.19. The number of likely N-dealkylation sites (tertiary alicyclic amines) is 1. The van der Waals surface area contributed by atoms with Crippen molar-refractivity contribution in [2.24, 2.45) is 0 Å². The van der Waals surface area contributed by atoms with Crippen LogP contribution in [0.4, 0.5) is 5.82 Å². The Morgan fingerprint density at radius 1 is 1.37 bits per heavy atom. The molecule has 6 heteroatoms. The summed E-state index contributed by atoms with van der Waals surface area (Å²) < 4.78 is 4.61. The standard InChI is InChI=1S/C13H20N4O2/c1-19-13(18)11-9-14-10-12(16-11)15-5-8-17-6-3-2-4-7-17/h9-10H,2-8H2,1H3,(H,15,16). The monoisotopic (exact) mass is 264 g/mol. The molecule has 19 heavy (non-hydrogen) atoms. The van der Waals surface area contributed by atoms with Crippen molar-refractivity contribution in [2.45, 2.75) is 19.3 Å². The van der Waals surface area contributed by atoms with Gasteiger partial charge < -0.3 is 15.0 Å². The van der Waals surface area contributed by atoms with Gasteiger partial charge in [-0.3, -0.25) is 4.98 Å². The summed E-state index contributed by atoms with van der Waals surface area (Å²) in [5.74, 6) is 0.145. The zero-order valence-corrected chi connectivity index (χ0v) is 11.3. The molecule has 1 saturated heterocycles. The Balaban J connectivity index is 1.80. The van der Waals surface area contributed by atoms with Gasteiger partial charge in [0.25, 0.3) is 0 Å². The lowest BCUT2D eigenvalue weighted by molar-refractivity contribution is 0.0593. The molecule has 2 heterocycles. The molecule has 0 amide bonds. The highest BCUT2D eigenvalue weighted by Gasteiger charge is 2.10. The van der Waals surface area contributed by atoms with Crippen LogP contribution in [0.3, 0.4) is 0 Å². The van der Waals surface area contributed by atoms with E-state index in [2.05, 4.69) is 24.9 Å². The number of methoxy groups -OCH3 is 1. The lowest BCUT2D eigenvalue weighted by Gasteiger charge is -2.26. The molecule has 0 aliphatic carbocycles. The van der Waals surface area contributed by atoms with E-state index in [1.165, 1.54) is 45.7 Å². The third-order valence-electron chi connectivity index (χ3n) is 3.21. The fourth-order valence-corrected chi connectivity index (χ4v) is 2.18. The molecule has 0 radical (unpaired) electrons. The Labute approximate surface area is 113 Å². The molecule has 1 aromatic heterocycles. The molecule has 2 rings (SSSR count). The van der Waals surface area contributed by atoms with Gasteiger partial charge in [-0.25, -0.2) is 9.78 Å². The number of carbonyl (C=O) groups excluding carboxylic acids is 1. The lowest BCUT2D eigenvalue weighted by Crippen LogP contribution is -2.33. The van der Waals surface area contributed by atoms with Gasteiger partial charge in [-0.15, -0.1) is 0 Å². The van der Waals surface area contributed by atoms with Gasteiger partial charge >= 0.3 is 5.97 Å². The predicted molar refractivity (Wildman–Crippen MR) is 72.2 cm³/mol. The summed E-state index contributed by atoms with van der Waals surface area (Å²) >= 11 is 0. The summed E-state index contributed by atoms with van der Waals surface area (Å²) in [5.41, 5.74) is 0.227. The maximum absolute atomic E-state index is 11.3. The molecule has 1 fully saturated rings. The normalized spacial score (nSPS) is 16.1. The van der Waals surface area contributed by atoms with Crippen molar-refractivity contribution in [3.63, 3.8) is 0 Å². The molecule has 1 aliphatic rings. The quantitative estimate of drug-likeness (QED) is 0.805. The SMILES string of the molecule is COC(=O)c1cncc(NCCN2CCCCC2)n1. The van der Waals surface area contributed by atoms with Crippen molar-refractivity contribution in [1.82, 2.24) is 14.9 Å². The summed E-state index contributed by atoms with van der Waals surface area (Å²) in [7, 11) is 1.33. The Morgan fingerprint density at radius 3 is 2.89 bits per heavy atom. The number of nitrogens with one attached hydrogen (secondary N) is 1. The lowest BCUT2D eigenvalue weighted by atomic mass is 10.1. The van der Waals surface area contributed by atoms with Crippen LogP contribution in [0.15, 0.2) is 12.4 Å². The van der Waals surface area contributed by atoms with Crippen molar-refractivity contribution in [3.05, 3.63) is 18.1 Å². The van der Waals surface area contributed by atoms with E-state index in [1.54, 1.807) is 6.20 Å². The van der Waals surface area contributed by atoms with Crippen LogP contribution in [0.1, 0.15) is 29.8 Å². The zero-order chi connectivity index (χ0) is 13.5. The fraction of sp³-hybridized carbons (Fsp3) is 0.615. The van der Waals surface area contributed by atoms with E-state index in [1.807, 2.05) is 0 Å². The summed E-state index contributed by atoms with van der Waals surface area (Å²) in [6.45, 7) is 4.15. The van der Waals surface area contributed by atoms with E-state index < -0.39 is 5.97 Å². The summed E-state index contributed by atoms with van der Waals surface area (Å²) in [4.78, 5) is 21.9. The zero-order valence-electron chi connectivity index (χ0n) is 11.3. The van der Waals surface area contributed by atoms with Gasteiger partial charge in [0, 0.05) is 13.1 Å². The number of hydrogen-bond acceptors (Lipinski definition) is 6. The Kier molecular flexibility index (Phi) is 5.09. The molecule has 104 valence electrons. The average molecular weight is 264 g/mol. The highest BCUT2D eigenvalue weighted by Crippen LogP contribution is 2.08. The summed E-state index contributed by atoms with van der Waals surface area (Å²) in [6, 6.07) is 0. The smallest absolute Gasteiger partial charge is 0.358 e. The molecule has 0 atom stereocenters. The molecule has 0 unspecified atom stereocenters. The number of esters is 1. The van der Waals surface area contributed by atoms with E-state index in [9.17, 15) is 4.79 Å². The van der Waals surface area contributed by atoms with Gasteiger partial charge in [-0.1, -0.05) is 6.42 Å². The van der Waals surface area contributed by atoms with Crippen molar-refractivity contribution in [1.29, 1.82) is 0 Å². The predicted octanol–water partition coefficient (Wildman–Crippen LogP) is 1.16. The van der Waals surface area contributed by atoms with Crippen LogP contribution in [0.5, 0.6) is 0 Å². The second kappa shape index (κ2) is 7.04. The van der Waals surface area contributed by atoms with Gasteiger partial charge in [0.05, 0.1) is 19.5 Å². The van der Waals surface area contributed by atoms with Gasteiger partial charge in [-0.05, 0) is 25.9 Å². The van der Waals surface area contributed by atoms with E-state index in [-0.39, 0.29) is 5.69 Å². The van der Waals surface area contributed by atoms with E-state index in [0.29, 0.717) is 5.82 Å². The molecule has 1 aliphatic heterocycles. The average Bonchev–Trinajstić information content (AvgIpc) is 2.48. The molecule has 0 bridgehead atoms. The number of nitrogens with zero attached hydrogens (tertiary/aromatic N) is 3. The minimum absolute atomic E-state index is 0.227. The van der Waals surface area contributed by atoms with Gasteiger partial charge in [0.1, 0.15) is 5.82 Å². The first-order valence-electron chi connectivity index (χ1n) is 6.66. The van der Waals surface area contributed by atoms with Gasteiger partial charge in [-0.2, -0.15) is 0 Å². The van der Waals surface area contributed by atoms with Gasteiger partial charge in [0.2, 0.25) is 0 Å². The first kappa shape index (κ1) is 13.7. The molecule has 0 aromatic carbocycles. The Morgan fingerprint density at radius 2 is 2.16 bits per heavy atom. The number of carbonyl (C=O) groups is 1. The van der Waals surface area contributed by atoms with E-state index in [4.69, 9.17) is 0 Å². The molecule has 0 saturated carbocycles. The Bertz CT molecular complexity index is 419. The first-order valence-corrected chi connectivity index (χ1v) is 6.66. The maximum Gasteiger partial charge on any atom is 0.358 e.